The van der Waals surface area contributed by atoms with E-state index < -0.39 is 0 Å². The Morgan fingerprint density at radius 3 is 2.55 bits per heavy atom. The summed E-state index contributed by atoms with van der Waals surface area (Å²) in [5, 5.41) is 6.37. The van der Waals surface area contributed by atoms with Gasteiger partial charge in [-0.15, -0.1) is 0 Å². The molecule has 0 unspecified atom stereocenters. The normalized spacial score (nSPS) is 10.5. The van der Waals surface area contributed by atoms with Crippen molar-refractivity contribution in [2.45, 2.75) is 6.92 Å². The van der Waals surface area contributed by atoms with Crippen molar-refractivity contribution >= 4 is 23.2 Å². The number of carbonyl (C=O) groups excluding carboxylic acids is 1. The number of nitrogens with one attached hydrogen (secondary N) is 2. The van der Waals surface area contributed by atoms with Crippen LogP contribution in [0, 0.1) is 0 Å². The maximum atomic E-state index is 11.3. The summed E-state index contributed by atoms with van der Waals surface area (Å²) in [6.07, 6.45) is 1.71. The fraction of sp³-hybridized carbons (Fsp3) is 0.312. The monoisotopic (exact) mass is 299 g/mol. The average molecular weight is 299 g/mol. The van der Waals surface area contributed by atoms with Gasteiger partial charge in [-0.25, -0.2) is 4.98 Å². The lowest BCUT2D eigenvalue weighted by Gasteiger charge is -2.11. The van der Waals surface area contributed by atoms with Crippen LogP contribution >= 0.6 is 0 Å². The molecule has 0 aliphatic heterocycles. The van der Waals surface area contributed by atoms with E-state index in [-0.39, 0.29) is 5.78 Å². The van der Waals surface area contributed by atoms with Crippen LogP contribution in [0.15, 0.2) is 36.5 Å². The van der Waals surface area contributed by atoms with Crippen molar-refractivity contribution in [3.05, 3.63) is 42.1 Å². The number of hydrogen-bond donors (Lipinski definition) is 2. The Morgan fingerprint density at radius 1 is 1.18 bits per heavy atom. The maximum Gasteiger partial charge on any atom is 0.229 e. The van der Waals surface area contributed by atoms with E-state index in [1.165, 1.54) is 0 Å². The number of likely N-dealkylation sites (N-methyl/N-ethyl adjacent to an activating group) is 1. The van der Waals surface area contributed by atoms with Gasteiger partial charge in [-0.2, -0.15) is 4.98 Å². The lowest BCUT2D eigenvalue weighted by Crippen LogP contribution is -2.21. The number of anilines is 3. The van der Waals surface area contributed by atoms with Crippen LogP contribution in [0.4, 0.5) is 17.5 Å². The Labute approximate surface area is 130 Å². The summed E-state index contributed by atoms with van der Waals surface area (Å²) in [5.41, 5.74) is 1.53. The molecule has 0 bridgehead atoms. The number of nitrogens with zero attached hydrogens (tertiary/aromatic N) is 3. The largest absolute Gasteiger partial charge is 0.369 e. The molecule has 0 radical (unpaired) electrons. The van der Waals surface area contributed by atoms with Crippen LogP contribution < -0.4 is 10.6 Å². The van der Waals surface area contributed by atoms with Crippen molar-refractivity contribution in [3.8, 4) is 0 Å². The zero-order chi connectivity index (χ0) is 15.9. The Morgan fingerprint density at radius 2 is 1.91 bits per heavy atom. The fourth-order valence-corrected chi connectivity index (χ4v) is 1.84. The van der Waals surface area contributed by atoms with Crippen LogP contribution in [0.2, 0.25) is 0 Å². The highest BCUT2D eigenvalue weighted by Gasteiger charge is 2.02. The second-order valence-corrected chi connectivity index (χ2v) is 5.25. The van der Waals surface area contributed by atoms with E-state index in [1.807, 2.05) is 32.3 Å². The van der Waals surface area contributed by atoms with Gasteiger partial charge in [0.25, 0.3) is 0 Å². The van der Waals surface area contributed by atoms with E-state index in [0.29, 0.717) is 11.5 Å². The van der Waals surface area contributed by atoms with Gasteiger partial charge in [0.05, 0.1) is 0 Å². The van der Waals surface area contributed by atoms with Gasteiger partial charge >= 0.3 is 0 Å². The zero-order valence-electron chi connectivity index (χ0n) is 13.1. The first-order valence-corrected chi connectivity index (χ1v) is 7.14. The quantitative estimate of drug-likeness (QED) is 0.765. The molecule has 0 fully saturated rings. The summed E-state index contributed by atoms with van der Waals surface area (Å²) in [6.45, 7) is 3.30. The minimum absolute atomic E-state index is 0.0508. The zero-order valence-corrected chi connectivity index (χ0v) is 13.1. The molecule has 2 rings (SSSR count). The van der Waals surface area contributed by atoms with Crippen molar-refractivity contribution in [1.29, 1.82) is 0 Å². The standard InChI is InChI=1S/C16H21N5O/c1-12(22)13-4-6-14(7-5-13)19-16-18-9-8-15(20-16)17-10-11-21(2)3/h4-9H,10-11H2,1-3H3,(H2,17,18,19,20). The highest BCUT2D eigenvalue weighted by atomic mass is 16.1. The molecule has 0 amide bonds. The summed E-state index contributed by atoms with van der Waals surface area (Å²) in [4.78, 5) is 22.0. The van der Waals surface area contributed by atoms with Crippen molar-refractivity contribution < 1.29 is 4.79 Å². The number of ketones is 1. The third-order valence-electron chi connectivity index (χ3n) is 3.07. The van der Waals surface area contributed by atoms with Gasteiger partial charge in [-0.3, -0.25) is 4.79 Å². The Bertz CT molecular complexity index is 625. The predicted octanol–water partition coefficient (Wildman–Crippen LogP) is 2.40. The summed E-state index contributed by atoms with van der Waals surface area (Å²) in [7, 11) is 4.05. The molecule has 0 saturated carbocycles. The second-order valence-electron chi connectivity index (χ2n) is 5.25. The third kappa shape index (κ3) is 4.82. The number of aromatic nitrogens is 2. The summed E-state index contributed by atoms with van der Waals surface area (Å²) in [5.74, 6) is 1.35. The van der Waals surface area contributed by atoms with E-state index in [2.05, 4.69) is 25.5 Å². The van der Waals surface area contributed by atoms with E-state index >= 15 is 0 Å². The van der Waals surface area contributed by atoms with Gasteiger partial charge in [-0.05, 0) is 51.4 Å². The molecule has 1 aromatic carbocycles. The molecule has 0 aliphatic carbocycles. The summed E-state index contributed by atoms with van der Waals surface area (Å²) >= 11 is 0. The van der Waals surface area contributed by atoms with Gasteiger partial charge < -0.3 is 15.5 Å². The van der Waals surface area contributed by atoms with Gasteiger partial charge in [0.2, 0.25) is 5.95 Å². The third-order valence-corrected chi connectivity index (χ3v) is 3.07. The van der Waals surface area contributed by atoms with Crippen LogP contribution in [-0.2, 0) is 0 Å². The molecule has 2 aromatic rings. The Kier molecular flexibility index (Phi) is 5.43. The van der Waals surface area contributed by atoms with E-state index in [1.54, 1.807) is 25.3 Å². The van der Waals surface area contributed by atoms with Crippen molar-refractivity contribution in [3.63, 3.8) is 0 Å². The first-order chi connectivity index (χ1) is 10.5. The number of Topliss-reactive ketones (excluding diaryl/α,β-unsaturated/α-hetero) is 1. The van der Waals surface area contributed by atoms with E-state index in [4.69, 9.17) is 0 Å². The number of rotatable bonds is 7. The highest BCUT2D eigenvalue weighted by molar-refractivity contribution is 5.94. The lowest BCUT2D eigenvalue weighted by molar-refractivity contribution is 0.101. The van der Waals surface area contributed by atoms with Crippen molar-refractivity contribution in [2.24, 2.45) is 0 Å². The van der Waals surface area contributed by atoms with Crippen LogP contribution in [0.3, 0.4) is 0 Å². The number of hydrogen-bond acceptors (Lipinski definition) is 6. The van der Waals surface area contributed by atoms with Gasteiger partial charge in [0, 0.05) is 30.5 Å². The molecule has 6 heteroatoms. The first kappa shape index (κ1) is 15.9. The topological polar surface area (TPSA) is 70.2 Å². The van der Waals surface area contributed by atoms with E-state index in [0.717, 1.165) is 24.6 Å². The number of carbonyl (C=O) groups is 1. The molecule has 1 aromatic heterocycles. The lowest BCUT2D eigenvalue weighted by atomic mass is 10.1. The minimum Gasteiger partial charge on any atom is -0.369 e. The van der Waals surface area contributed by atoms with Crippen molar-refractivity contribution in [1.82, 2.24) is 14.9 Å². The summed E-state index contributed by atoms with van der Waals surface area (Å²) in [6, 6.07) is 9.08. The number of benzene rings is 1. The Hall–Kier alpha value is -2.47. The molecular formula is C16H21N5O. The van der Waals surface area contributed by atoms with Crippen LogP contribution in [0.25, 0.3) is 0 Å². The van der Waals surface area contributed by atoms with Gasteiger partial charge in [0.1, 0.15) is 5.82 Å². The first-order valence-electron chi connectivity index (χ1n) is 7.14. The van der Waals surface area contributed by atoms with Crippen LogP contribution in [0.1, 0.15) is 17.3 Å². The second kappa shape index (κ2) is 7.51. The summed E-state index contributed by atoms with van der Waals surface area (Å²) < 4.78 is 0. The van der Waals surface area contributed by atoms with Crippen LogP contribution in [-0.4, -0.2) is 47.8 Å². The molecule has 0 spiro atoms. The highest BCUT2D eigenvalue weighted by Crippen LogP contribution is 2.15. The molecule has 116 valence electrons. The fourth-order valence-electron chi connectivity index (χ4n) is 1.84. The molecule has 0 aliphatic rings. The Balaban J connectivity index is 1.99. The SMILES string of the molecule is CC(=O)c1ccc(Nc2nccc(NCCN(C)C)n2)cc1. The van der Waals surface area contributed by atoms with Crippen LogP contribution in [0.5, 0.6) is 0 Å². The molecule has 1 heterocycles. The maximum absolute atomic E-state index is 11.3. The van der Waals surface area contributed by atoms with Gasteiger partial charge in [0.15, 0.2) is 5.78 Å². The molecule has 2 N–H and O–H groups in total. The molecule has 0 saturated heterocycles. The predicted molar refractivity (Wildman–Crippen MR) is 88.8 cm³/mol. The average Bonchev–Trinajstić information content (AvgIpc) is 2.48. The molecule has 6 nitrogen and oxygen atoms in total. The van der Waals surface area contributed by atoms with E-state index in [9.17, 15) is 4.79 Å². The smallest absolute Gasteiger partial charge is 0.229 e. The minimum atomic E-state index is 0.0508. The molecule has 22 heavy (non-hydrogen) atoms. The molecular weight excluding hydrogens is 278 g/mol. The van der Waals surface area contributed by atoms with Gasteiger partial charge in [-0.1, -0.05) is 0 Å². The van der Waals surface area contributed by atoms with Crippen molar-refractivity contribution in [2.75, 3.05) is 37.8 Å². The molecule has 0 atom stereocenters.